The van der Waals surface area contributed by atoms with Crippen molar-refractivity contribution in [2.24, 2.45) is 0 Å². The zero-order valence-corrected chi connectivity index (χ0v) is 8.22. The van der Waals surface area contributed by atoms with Crippen LogP contribution in [0.2, 0.25) is 5.15 Å². The second-order valence-corrected chi connectivity index (χ2v) is 4.04. The summed E-state index contributed by atoms with van der Waals surface area (Å²) in [6.07, 6.45) is 2.46. The predicted molar refractivity (Wildman–Crippen MR) is 48.6 cm³/mol. The summed E-state index contributed by atoms with van der Waals surface area (Å²) in [5.74, 6) is 0.110. The summed E-state index contributed by atoms with van der Waals surface area (Å²) in [7, 11) is -2.25. The van der Waals surface area contributed by atoms with Gasteiger partial charge in [-0.1, -0.05) is 11.6 Å². The number of nitrogens with zero attached hydrogens (tertiary/aromatic N) is 2. The molecule has 0 amide bonds. The van der Waals surface area contributed by atoms with Crippen LogP contribution in [0.25, 0.3) is 0 Å². The molecule has 8 heteroatoms. The molecule has 0 bridgehead atoms. The Morgan fingerprint density at radius 3 is 2.54 bits per heavy atom. The molecule has 0 unspecified atom stereocenters. The minimum Gasteiger partial charge on any atom is -0.253 e. The maximum absolute atomic E-state index is 10.9. The molecule has 0 aliphatic rings. The van der Waals surface area contributed by atoms with E-state index in [1.54, 1.807) is 0 Å². The van der Waals surface area contributed by atoms with Crippen LogP contribution in [0.1, 0.15) is 0 Å². The Balaban J connectivity index is 2.82. The van der Waals surface area contributed by atoms with Gasteiger partial charge in [-0.05, 0) is 0 Å². The molecule has 72 valence electrons. The fourth-order valence-electron chi connectivity index (χ4n) is 0.554. The second kappa shape index (κ2) is 3.86. The van der Waals surface area contributed by atoms with E-state index >= 15 is 0 Å². The van der Waals surface area contributed by atoms with Crippen LogP contribution in [0, 0.1) is 0 Å². The molecule has 1 aromatic heterocycles. The lowest BCUT2D eigenvalue weighted by Crippen LogP contribution is -2.26. The van der Waals surface area contributed by atoms with Gasteiger partial charge in [-0.3, -0.25) is 4.72 Å². The molecule has 0 saturated carbocycles. The van der Waals surface area contributed by atoms with E-state index in [4.69, 9.17) is 11.6 Å². The monoisotopic (exact) mass is 222 g/mol. The second-order valence-electron chi connectivity index (χ2n) is 2.03. The number of halogens is 1. The quantitative estimate of drug-likeness (QED) is 0.755. The molecule has 2 N–H and O–H groups in total. The van der Waals surface area contributed by atoms with Crippen molar-refractivity contribution in [1.82, 2.24) is 14.7 Å². The third-order valence-corrected chi connectivity index (χ3v) is 2.34. The molecule has 0 aromatic carbocycles. The molecule has 0 spiro atoms. The van der Waals surface area contributed by atoms with Gasteiger partial charge < -0.3 is 0 Å². The first kappa shape index (κ1) is 10.2. The highest BCUT2D eigenvalue weighted by Gasteiger charge is 2.06. The largest absolute Gasteiger partial charge is 0.300 e. The van der Waals surface area contributed by atoms with E-state index in [0.29, 0.717) is 0 Å². The van der Waals surface area contributed by atoms with Gasteiger partial charge in [0.2, 0.25) is 0 Å². The Kier molecular flexibility index (Phi) is 3.02. The molecule has 0 fully saturated rings. The summed E-state index contributed by atoms with van der Waals surface area (Å²) in [6, 6.07) is 0. The molecule has 1 heterocycles. The van der Waals surface area contributed by atoms with Crippen molar-refractivity contribution >= 4 is 27.6 Å². The van der Waals surface area contributed by atoms with Gasteiger partial charge in [0.05, 0.1) is 12.4 Å². The molecule has 1 rings (SSSR count). The van der Waals surface area contributed by atoms with Gasteiger partial charge in [-0.2, -0.15) is 8.42 Å². The zero-order valence-electron chi connectivity index (χ0n) is 6.65. The van der Waals surface area contributed by atoms with E-state index in [2.05, 4.69) is 19.4 Å². The van der Waals surface area contributed by atoms with Crippen LogP contribution in [0.4, 0.5) is 5.82 Å². The highest BCUT2D eigenvalue weighted by Crippen LogP contribution is 2.05. The van der Waals surface area contributed by atoms with E-state index < -0.39 is 10.2 Å². The van der Waals surface area contributed by atoms with E-state index in [-0.39, 0.29) is 11.0 Å². The first-order chi connectivity index (χ1) is 6.03. The molecule has 0 saturated heterocycles. The van der Waals surface area contributed by atoms with Crippen LogP contribution in [0.5, 0.6) is 0 Å². The lowest BCUT2D eigenvalue weighted by atomic mass is 10.7. The maximum Gasteiger partial charge on any atom is 0.300 e. The number of nitrogens with one attached hydrogen (secondary N) is 2. The molecule has 6 nitrogen and oxygen atoms in total. The van der Waals surface area contributed by atoms with Crippen molar-refractivity contribution in [1.29, 1.82) is 0 Å². The van der Waals surface area contributed by atoms with Gasteiger partial charge in [-0.15, -0.1) is 0 Å². The first-order valence-electron chi connectivity index (χ1n) is 3.22. The Hall–Kier alpha value is -0.920. The number of hydrogen-bond acceptors (Lipinski definition) is 4. The number of hydrogen-bond donors (Lipinski definition) is 2. The van der Waals surface area contributed by atoms with Crippen molar-refractivity contribution in [3.8, 4) is 0 Å². The van der Waals surface area contributed by atoms with Crippen molar-refractivity contribution < 1.29 is 8.42 Å². The third-order valence-electron chi connectivity index (χ3n) is 1.13. The zero-order chi connectivity index (χ0) is 9.90. The Morgan fingerprint density at radius 1 is 1.38 bits per heavy atom. The van der Waals surface area contributed by atoms with Crippen molar-refractivity contribution in [2.45, 2.75) is 0 Å². The van der Waals surface area contributed by atoms with Crippen LogP contribution in [0.15, 0.2) is 12.4 Å². The highest BCUT2D eigenvalue weighted by atomic mass is 35.5. The van der Waals surface area contributed by atoms with E-state index in [0.717, 1.165) is 0 Å². The molecule has 0 radical (unpaired) electrons. The minimum absolute atomic E-state index is 0.110. The fourth-order valence-corrected chi connectivity index (χ4v) is 1.13. The summed E-state index contributed by atoms with van der Waals surface area (Å²) in [5.41, 5.74) is 0. The van der Waals surface area contributed by atoms with Gasteiger partial charge in [0.1, 0.15) is 5.15 Å². The van der Waals surface area contributed by atoms with Crippen LogP contribution in [-0.2, 0) is 10.2 Å². The van der Waals surface area contributed by atoms with Crippen LogP contribution >= 0.6 is 11.6 Å². The molecule has 1 aromatic rings. The van der Waals surface area contributed by atoms with E-state index in [1.807, 2.05) is 0 Å². The summed E-state index contributed by atoms with van der Waals surface area (Å²) in [5, 5.41) is 0.201. The van der Waals surface area contributed by atoms with Gasteiger partial charge in [0, 0.05) is 7.05 Å². The molecular formula is C5H7ClN4O2S. The van der Waals surface area contributed by atoms with Crippen molar-refractivity contribution in [3.63, 3.8) is 0 Å². The van der Waals surface area contributed by atoms with Gasteiger partial charge in [0.15, 0.2) is 5.82 Å². The Morgan fingerprint density at radius 2 is 2.08 bits per heavy atom. The molecule has 0 atom stereocenters. The maximum atomic E-state index is 10.9. The Labute approximate surface area is 80.5 Å². The van der Waals surface area contributed by atoms with Crippen LogP contribution < -0.4 is 9.44 Å². The molecule has 0 aliphatic carbocycles. The Bertz CT molecular complexity index is 376. The summed E-state index contributed by atoms with van der Waals surface area (Å²) >= 11 is 5.45. The average molecular weight is 223 g/mol. The summed E-state index contributed by atoms with van der Waals surface area (Å²) in [6.45, 7) is 0. The van der Waals surface area contributed by atoms with Gasteiger partial charge in [0.25, 0.3) is 10.2 Å². The summed E-state index contributed by atoms with van der Waals surface area (Å²) < 4.78 is 26.1. The minimum atomic E-state index is -3.53. The molecule has 0 aliphatic heterocycles. The molecule has 13 heavy (non-hydrogen) atoms. The molecular weight excluding hydrogens is 216 g/mol. The average Bonchev–Trinajstić information content (AvgIpc) is 2.09. The van der Waals surface area contributed by atoms with Crippen LogP contribution in [0.3, 0.4) is 0 Å². The first-order valence-corrected chi connectivity index (χ1v) is 5.08. The predicted octanol–water partition coefficient (Wildman–Crippen LogP) is 0.00610. The SMILES string of the molecule is CNS(=O)(=O)Nc1cnc(Cl)cn1. The third kappa shape index (κ3) is 3.13. The fraction of sp³-hybridized carbons (Fsp3) is 0.200. The topological polar surface area (TPSA) is 84.0 Å². The van der Waals surface area contributed by atoms with Crippen molar-refractivity contribution in [2.75, 3.05) is 11.8 Å². The van der Waals surface area contributed by atoms with Crippen LogP contribution in [-0.4, -0.2) is 25.4 Å². The lowest BCUT2D eigenvalue weighted by Gasteiger charge is -2.03. The highest BCUT2D eigenvalue weighted by molar-refractivity contribution is 7.90. The van der Waals surface area contributed by atoms with Gasteiger partial charge >= 0.3 is 0 Å². The lowest BCUT2D eigenvalue weighted by molar-refractivity contribution is 0.593. The smallest absolute Gasteiger partial charge is 0.253 e. The summed E-state index contributed by atoms with van der Waals surface area (Å²) in [4.78, 5) is 7.33. The number of rotatable bonds is 3. The van der Waals surface area contributed by atoms with Crippen molar-refractivity contribution in [3.05, 3.63) is 17.5 Å². The standard InChI is InChI=1S/C5H7ClN4O2S/c1-7-13(11,12)10-5-3-8-4(6)2-9-5/h2-3,7H,1H3,(H,9,10). The number of aromatic nitrogens is 2. The van der Waals surface area contributed by atoms with E-state index in [1.165, 1.54) is 19.4 Å². The normalized spacial score (nSPS) is 11.2. The number of anilines is 1. The van der Waals surface area contributed by atoms with E-state index in [9.17, 15) is 8.42 Å². The van der Waals surface area contributed by atoms with Gasteiger partial charge in [-0.25, -0.2) is 14.7 Å².